The lowest BCUT2D eigenvalue weighted by Gasteiger charge is -2.13. The Bertz CT molecular complexity index is 509. The lowest BCUT2D eigenvalue weighted by atomic mass is 9.96. The van der Waals surface area contributed by atoms with Gasteiger partial charge in [-0.1, -0.05) is 26.0 Å². The van der Waals surface area contributed by atoms with E-state index in [0.29, 0.717) is 12.1 Å². The number of benzene rings is 1. The number of carbonyl (C=O) groups is 1. The molecular formula is C14H15N3O. The summed E-state index contributed by atoms with van der Waals surface area (Å²) in [5.41, 5.74) is 1.41. The van der Waals surface area contributed by atoms with Gasteiger partial charge in [-0.3, -0.25) is 4.79 Å². The highest BCUT2D eigenvalue weighted by Crippen LogP contribution is 2.10. The van der Waals surface area contributed by atoms with Crippen molar-refractivity contribution in [2.24, 2.45) is 11.8 Å². The molecule has 92 valence electrons. The first kappa shape index (κ1) is 13.7. The smallest absolute Gasteiger partial charge is 0.237 e. The van der Waals surface area contributed by atoms with Crippen LogP contribution in [-0.4, -0.2) is 5.91 Å². The fraction of sp³-hybridized carbons (Fsp3) is 0.357. The van der Waals surface area contributed by atoms with Crippen LogP contribution in [0.2, 0.25) is 0 Å². The Kier molecular flexibility index (Phi) is 4.90. The molecular weight excluding hydrogens is 226 g/mol. The molecule has 0 aliphatic carbocycles. The predicted molar refractivity (Wildman–Crippen MR) is 66.9 cm³/mol. The highest BCUT2D eigenvalue weighted by molar-refractivity contribution is 5.81. The summed E-state index contributed by atoms with van der Waals surface area (Å²) in [4.78, 5) is 11.7. The Morgan fingerprint density at radius 2 is 2.11 bits per heavy atom. The maximum Gasteiger partial charge on any atom is 0.237 e. The number of nitrogens with zero attached hydrogens (tertiary/aromatic N) is 2. The number of amides is 1. The van der Waals surface area contributed by atoms with Gasteiger partial charge in [-0.25, -0.2) is 0 Å². The molecule has 1 aromatic carbocycles. The summed E-state index contributed by atoms with van der Waals surface area (Å²) >= 11 is 0. The molecule has 0 spiro atoms. The molecule has 4 nitrogen and oxygen atoms in total. The largest absolute Gasteiger partial charge is 0.351 e. The fourth-order valence-electron chi connectivity index (χ4n) is 1.56. The van der Waals surface area contributed by atoms with E-state index < -0.39 is 5.92 Å². The molecule has 18 heavy (non-hydrogen) atoms. The van der Waals surface area contributed by atoms with Crippen LogP contribution in [-0.2, 0) is 11.3 Å². The van der Waals surface area contributed by atoms with Crippen molar-refractivity contribution in [3.63, 3.8) is 0 Å². The Hall–Kier alpha value is -2.33. The van der Waals surface area contributed by atoms with Gasteiger partial charge in [0, 0.05) is 6.54 Å². The quantitative estimate of drug-likeness (QED) is 0.875. The molecule has 0 bridgehead atoms. The van der Waals surface area contributed by atoms with E-state index in [9.17, 15) is 4.79 Å². The number of nitrogens with one attached hydrogen (secondary N) is 1. The van der Waals surface area contributed by atoms with E-state index in [1.807, 2.05) is 32.1 Å². The molecule has 0 radical (unpaired) electrons. The van der Waals surface area contributed by atoms with Gasteiger partial charge < -0.3 is 5.32 Å². The van der Waals surface area contributed by atoms with Gasteiger partial charge in [-0.15, -0.1) is 0 Å². The van der Waals surface area contributed by atoms with Crippen LogP contribution in [0.1, 0.15) is 25.0 Å². The van der Waals surface area contributed by atoms with Crippen molar-refractivity contribution in [2.75, 3.05) is 0 Å². The lowest BCUT2D eigenvalue weighted by molar-refractivity contribution is -0.124. The zero-order chi connectivity index (χ0) is 13.5. The average Bonchev–Trinajstić information content (AvgIpc) is 2.37. The Morgan fingerprint density at radius 1 is 1.39 bits per heavy atom. The first-order chi connectivity index (χ1) is 8.58. The van der Waals surface area contributed by atoms with E-state index >= 15 is 0 Å². The molecule has 1 unspecified atom stereocenters. The highest BCUT2D eigenvalue weighted by atomic mass is 16.1. The average molecular weight is 241 g/mol. The first-order valence-electron chi connectivity index (χ1n) is 5.75. The Balaban J connectivity index is 2.63. The second kappa shape index (κ2) is 6.42. The maximum atomic E-state index is 11.7. The van der Waals surface area contributed by atoms with Crippen LogP contribution in [0.3, 0.4) is 0 Å². The molecule has 0 aromatic heterocycles. The van der Waals surface area contributed by atoms with Crippen molar-refractivity contribution in [1.82, 2.24) is 5.32 Å². The molecule has 1 atom stereocenters. The summed E-state index contributed by atoms with van der Waals surface area (Å²) in [6, 6.07) is 11.1. The molecule has 0 saturated heterocycles. The van der Waals surface area contributed by atoms with E-state index in [2.05, 4.69) is 5.32 Å². The van der Waals surface area contributed by atoms with Gasteiger partial charge in [0.15, 0.2) is 0 Å². The van der Waals surface area contributed by atoms with Gasteiger partial charge >= 0.3 is 0 Å². The van der Waals surface area contributed by atoms with Gasteiger partial charge in [0.05, 0.1) is 17.7 Å². The molecule has 1 N–H and O–H groups in total. The van der Waals surface area contributed by atoms with E-state index in [-0.39, 0.29) is 11.8 Å². The third-order valence-corrected chi connectivity index (χ3v) is 2.61. The first-order valence-corrected chi connectivity index (χ1v) is 5.75. The van der Waals surface area contributed by atoms with E-state index in [1.165, 1.54) is 0 Å². The summed E-state index contributed by atoms with van der Waals surface area (Å²) in [6.45, 7) is 4.01. The number of hydrogen-bond acceptors (Lipinski definition) is 3. The van der Waals surface area contributed by atoms with Crippen LogP contribution in [0.15, 0.2) is 24.3 Å². The lowest BCUT2D eigenvalue weighted by Crippen LogP contribution is -2.32. The van der Waals surface area contributed by atoms with Gasteiger partial charge in [0.2, 0.25) is 5.91 Å². The molecule has 4 heteroatoms. The molecule has 1 amide bonds. The molecule has 1 aromatic rings. The Morgan fingerprint density at radius 3 is 2.67 bits per heavy atom. The zero-order valence-corrected chi connectivity index (χ0v) is 10.5. The molecule has 1 rings (SSSR count). The molecule has 0 heterocycles. The number of nitriles is 2. The van der Waals surface area contributed by atoms with Gasteiger partial charge in [0.1, 0.15) is 5.92 Å². The minimum atomic E-state index is -0.635. The second-order valence-electron chi connectivity index (χ2n) is 4.38. The van der Waals surface area contributed by atoms with Crippen LogP contribution >= 0.6 is 0 Å². The summed E-state index contributed by atoms with van der Waals surface area (Å²) in [5, 5.41) is 20.4. The van der Waals surface area contributed by atoms with E-state index in [1.54, 1.807) is 18.2 Å². The van der Waals surface area contributed by atoms with Gasteiger partial charge in [0.25, 0.3) is 0 Å². The Labute approximate surface area is 107 Å². The standard InChI is InChI=1S/C14H15N3O/c1-10(2)13(8-16)14(18)17-9-12-5-3-4-11(6-12)7-15/h3-6,10,13H,9H2,1-2H3,(H,17,18). The molecule has 0 aliphatic heterocycles. The fourth-order valence-corrected chi connectivity index (χ4v) is 1.56. The SMILES string of the molecule is CC(C)C(C#N)C(=O)NCc1cccc(C#N)c1. The summed E-state index contributed by atoms with van der Waals surface area (Å²) in [6.07, 6.45) is 0. The topological polar surface area (TPSA) is 76.7 Å². The zero-order valence-electron chi connectivity index (χ0n) is 10.5. The van der Waals surface area contributed by atoms with Crippen LogP contribution in [0, 0.1) is 34.5 Å². The van der Waals surface area contributed by atoms with Crippen molar-refractivity contribution in [3.8, 4) is 12.1 Å². The van der Waals surface area contributed by atoms with Crippen molar-refractivity contribution >= 4 is 5.91 Å². The van der Waals surface area contributed by atoms with Crippen LogP contribution in [0.4, 0.5) is 0 Å². The molecule has 0 fully saturated rings. The summed E-state index contributed by atoms with van der Waals surface area (Å²) < 4.78 is 0. The van der Waals surface area contributed by atoms with Gasteiger partial charge in [-0.2, -0.15) is 10.5 Å². The predicted octanol–water partition coefficient (Wildman–Crippen LogP) is 1.97. The van der Waals surface area contributed by atoms with E-state index in [0.717, 1.165) is 5.56 Å². The molecule has 0 saturated carbocycles. The summed E-state index contributed by atoms with van der Waals surface area (Å²) in [5.74, 6) is -0.917. The van der Waals surface area contributed by atoms with Crippen LogP contribution in [0.5, 0.6) is 0 Å². The molecule has 0 aliphatic rings. The van der Waals surface area contributed by atoms with Gasteiger partial charge in [-0.05, 0) is 23.6 Å². The maximum absolute atomic E-state index is 11.7. The van der Waals surface area contributed by atoms with Crippen molar-refractivity contribution in [2.45, 2.75) is 20.4 Å². The summed E-state index contributed by atoms with van der Waals surface area (Å²) in [7, 11) is 0. The number of hydrogen-bond donors (Lipinski definition) is 1. The monoisotopic (exact) mass is 241 g/mol. The third-order valence-electron chi connectivity index (χ3n) is 2.61. The number of carbonyl (C=O) groups excluding carboxylic acids is 1. The van der Waals surface area contributed by atoms with Crippen LogP contribution < -0.4 is 5.32 Å². The van der Waals surface area contributed by atoms with Crippen molar-refractivity contribution in [1.29, 1.82) is 10.5 Å². The number of rotatable bonds is 4. The van der Waals surface area contributed by atoms with E-state index in [4.69, 9.17) is 10.5 Å². The minimum Gasteiger partial charge on any atom is -0.351 e. The van der Waals surface area contributed by atoms with Crippen LogP contribution in [0.25, 0.3) is 0 Å². The van der Waals surface area contributed by atoms with Crippen molar-refractivity contribution < 1.29 is 4.79 Å². The highest BCUT2D eigenvalue weighted by Gasteiger charge is 2.20. The third kappa shape index (κ3) is 3.61. The second-order valence-corrected chi connectivity index (χ2v) is 4.38. The minimum absolute atomic E-state index is 0.0135. The van der Waals surface area contributed by atoms with Crippen molar-refractivity contribution in [3.05, 3.63) is 35.4 Å². The normalized spacial score (nSPS) is 11.4.